The van der Waals surface area contributed by atoms with Crippen molar-refractivity contribution in [2.45, 2.75) is 38.3 Å². The summed E-state index contributed by atoms with van der Waals surface area (Å²) in [5.74, 6) is -0.890. The Hall–Kier alpha value is -3.32. The molecule has 1 aromatic heterocycles. The molecule has 0 saturated carbocycles. The standard InChI is InChI=1S/C25H24F6N4O2S/c1-14-2-3-15(7-21(14)36)6-20-12-34(11-19-13-38-23(32)33-19)4-5-35(20)22(37)16-8-17(24(26,27)28)10-18(9-16)25(29,30)31/h2-3,7-10,13,20,36H,4-6,11-12H2,1H3,(H2,32,33)/t20-/m1/s1. The van der Waals surface area contributed by atoms with Crippen LogP contribution in [0.15, 0.2) is 41.8 Å². The van der Waals surface area contributed by atoms with Crippen molar-refractivity contribution < 1.29 is 36.2 Å². The maximum absolute atomic E-state index is 13.4. The molecule has 13 heteroatoms. The number of carbonyl (C=O) groups excluding carboxylic acids is 1. The van der Waals surface area contributed by atoms with Crippen LogP contribution in [0.3, 0.4) is 0 Å². The smallest absolute Gasteiger partial charge is 0.416 e. The average molecular weight is 559 g/mol. The Balaban J connectivity index is 1.66. The van der Waals surface area contributed by atoms with Crippen molar-refractivity contribution in [1.29, 1.82) is 0 Å². The van der Waals surface area contributed by atoms with E-state index in [2.05, 4.69) is 4.98 Å². The van der Waals surface area contributed by atoms with E-state index in [0.717, 1.165) is 0 Å². The highest BCUT2D eigenvalue weighted by Gasteiger charge is 2.39. The summed E-state index contributed by atoms with van der Waals surface area (Å²) in [5, 5.41) is 12.3. The van der Waals surface area contributed by atoms with Gasteiger partial charge in [-0.2, -0.15) is 26.3 Å². The fourth-order valence-electron chi connectivity index (χ4n) is 4.43. The SMILES string of the molecule is Cc1ccc(C[C@@H]2CN(Cc3csc(N)n3)CCN2C(=O)c2cc(C(F)(F)F)cc(C(F)(F)F)c2)cc1O. The number of hydrogen-bond acceptors (Lipinski definition) is 6. The second kappa shape index (κ2) is 10.4. The van der Waals surface area contributed by atoms with E-state index in [4.69, 9.17) is 5.73 Å². The predicted molar refractivity (Wildman–Crippen MR) is 130 cm³/mol. The number of nitrogens with zero attached hydrogens (tertiary/aromatic N) is 3. The van der Waals surface area contributed by atoms with Gasteiger partial charge in [0.15, 0.2) is 5.13 Å². The Morgan fingerprint density at radius 1 is 1.08 bits per heavy atom. The predicted octanol–water partition coefficient (Wildman–Crippen LogP) is 5.35. The van der Waals surface area contributed by atoms with Gasteiger partial charge in [-0.1, -0.05) is 12.1 Å². The number of alkyl halides is 6. The number of anilines is 1. The van der Waals surface area contributed by atoms with Gasteiger partial charge in [0.25, 0.3) is 5.91 Å². The zero-order valence-corrected chi connectivity index (χ0v) is 20.9. The molecule has 2 aromatic carbocycles. The Labute approximate surface area is 218 Å². The van der Waals surface area contributed by atoms with Crippen LogP contribution in [0.1, 0.15) is 38.3 Å². The van der Waals surface area contributed by atoms with Crippen molar-refractivity contribution in [3.63, 3.8) is 0 Å². The molecule has 1 amide bonds. The van der Waals surface area contributed by atoms with Crippen LogP contribution in [-0.2, 0) is 25.3 Å². The number of aromatic hydroxyl groups is 1. The molecule has 0 unspecified atom stereocenters. The summed E-state index contributed by atoms with van der Waals surface area (Å²) in [6, 6.07) is 5.29. The van der Waals surface area contributed by atoms with Gasteiger partial charge in [-0.15, -0.1) is 11.3 Å². The van der Waals surface area contributed by atoms with Crippen molar-refractivity contribution in [2.75, 3.05) is 25.4 Å². The van der Waals surface area contributed by atoms with Crippen molar-refractivity contribution in [3.05, 3.63) is 75.3 Å². The first-order valence-corrected chi connectivity index (χ1v) is 12.4. The number of aryl methyl sites for hydroxylation is 1. The van der Waals surface area contributed by atoms with Crippen LogP contribution in [-0.4, -0.2) is 51.5 Å². The lowest BCUT2D eigenvalue weighted by atomic mass is 9.98. The van der Waals surface area contributed by atoms with E-state index < -0.39 is 41.0 Å². The topological polar surface area (TPSA) is 82.7 Å². The molecule has 1 saturated heterocycles. The molecule has 1 aliphatic heterocycles. The van der Waals surface area contributed by atoms with E-state index in [1.54, 1.807) is 24.4 Å². The quantitative estimate of drug-likeness (QED) is 0.413. The lowest BCUT2D eigenvalue weighted by Crippen LogP contribution is -2.55. The summed E-state index contributed by atoms with van der Waals surface area (Å²) < 4.78 is 80.4. The zero-order valence-electron chi connectivity index (χ0n) is 20.1. The number of phenolic OH excluding ortho intramolecular Hbond substituents is 1. The van der Waals surface area contributed by atoms with Gasteiger partial charge in [0, 0.05) is 43.2 Å². The minimum absolute atomic E-state index is 0.000830. The van der Waals surface area contributed by atoms with Gasteiger partial charge in [-0.25, -0.2) is 4.98 Å². The van der Waals surface area contributed by atoms with Crippen LogP contribution in [0.5, 0.6) is 5.75 Å². The second-order valence-electron chi connectivity index (χ2n) is 9.18. The second-order valence-corrected chi connectivity index (χ2v) is 10.1. The molecule has 204 valence electrons. The highest BCUT2D eigenvalue weighted by Crippen LogP contribution is 2.37. The Morgan fingerprint density at radius 2 is 1.74 bits per heavy atom. The number of rotatable bonds is 5. The molecule has 0 radical (unpaired) electrons. The fraction of sp³-hybridized carbons (Fsp3) is 0.360. The normalized spacial score (nSPS) is 17.1. The fourth-order valence-corrected chi connectivity index (χ4v) is 4.98. The molecule has 3 N–H and O–H groups in total. The number of hydrogen-bond donors (Lipinski definition) is 2. The zero-order chi connectivity index (χ0) is 27.8. The number of benzene rings is 2. The van der Waals surface area contributed by atoms with Gasteiger partial charge >= 0.3 is 12.4 Å². The maximum Gasteiger partial charge on any atom is 0.416 e. The average Bonchev–Trinajstić information content (AvgIpc) is 3.24. The number of nitrogen functional groups attached to an aromatic ring is 1. The summed E-state index contributed by atoms with van der Waals surface area (Å²) in [6.45, 7) is 2.79. The maximum atomic E-state index is 13.4. The highest BCUT2D eigenvalue weighted by molar-refractivity contribution is 7.13. The van der Waals surface area contributed by atoms with Gasteiger partial charge in [-0.3, -0.25) is 9.69 Å². The highest BCUT2D eigenvalue weighted by atomic mass is 32.1. The summed E-state index contributed by atoms with van der Waals surface area (Å²) >= 11 is 1.27. The molecule has 6 nitrogen and oxygen atoms in total. The number of phenols is 1. The first-order valence-electron chi connectivity index (χ1n) is 11.5. The molecule has 2 heterocycles. The van der Waals surface area contributed by atoms with Crippen molar-refractivity contribution in [2.24, 2.45) is 0 Å². The van der Waals surface area contributed by atoms with E-state index in [0.29, 0.717) is 47.2 Å². The molecule has 0 bridgehead atoms. The van der Waals surface area contributed by atoms with E-state index in [1.165, 1.54) is 22.3 Å². The summed E-state index contributed by atoms with van der Waals surface area (Å²) in [4.78, 5) is 21.0. The lowest BCUT2D eigenvalue weighted by Gasteiger charge is -2.41. The number of aromatic nitrogens is 1. The van der Waals surface area contributed by atoms with Crippen LogP contribution in [0, 0.1) is 6.92 Å². The van der Waals surface area contributed by atoms with E-state index in [-0.39, 0.29) is 31.3 Å². The number of nitrogens with two attached hydrogens (primary N) is 1. The summed E-state index contributed by atoms with van der Waals surface area (Å²) in [6.07, 6.45) is -9.91. The number of amides is 1. The Kier molecular flexibility index (Phi) is 7.62. The number of carbonyl (C=O) groups is 1. The van der Waals surface area contributed by atoms with Crippen LogP contribution in [0.25, 0.3) is 0 Å². The van der Waals surface area contributed by atoms with Crippen LogP contribution >= 0.6 is 11.3 Å². The third-order valence-electron chi connectivity index (χ3n) is 6.36. The number of piperazine rings is 1. The first kappa shape index (κ1) is 27.7. The van der Waals surface area contributed by atoms with E-state index >= 15 is 0 Å². The molecule has 1 fully saturated rings. The molecule has 3 aromatic rings. The molecule has 1 aliphatic rings. The van der Waals surface area contributed by atoms with Crippen molar-refractivity contribution >= 4 is 22.4 Å². The van der Waals surface area contributed by atoms with Gasteiger partial charge < -0.3 is 15.7 Å². The van der Waals surface area contributed by atoms with Gasteiger partial charge in [0.1, 0.15) is 5.75 Å². The van der Waals surface area contributed by atoms with Crippen LogP contribution in [0.2, 0.25) is 0 Å². The molecular weight excluding hydrogens is 534 g/mol. The van der Waals surface area contributed by atoms with Crippen molar-refractivity contribution in [1.82, 2.24) is 14.8 Å². The van der Waals surface area contributed by atoms with Crippen molar-refractivity contribution in [3.8, 4) is 5.75 Å². The summed E-state index contributed by atoms with van der Waals surface area (Å²) in [7, 11) is 0. The van der Waals surface area contributed by atoms with E-state index in [1.807, 2.05) is 4.90 Å². The van der Waals surface area contributed by atoms with Crippen LogP contribution in [0.4, 0.5) is 31.5 Å². The minimum atomic E-state index is -5.07. The lowest BCUT2D eigenvalue weighted by molar-refractivity contribution is -0.143. The van der Waals surface area contributed by atoms with Gasteiger partial charge in [0.05, 0.1) is 16.8 Å². The molecule has 1 atom stereocenters. The van der Waals surface area contributed by atoms with E-state index in [9.17, 15) is 36.2 Å². The molecule has 4 rings (SSSR count). The Bertz CT molecular complexity index is 1290. The summed E-state index contributed by atoms with van der Waals surface area (Å²) in [5.41, 5.74) is 3.93. The largest absolute Gasteiger partial charge is 0.508 e. The first-order chi connectivity index (χ1) is 17.7. The minimum Gasteiger partial charge on any atom is -0.508 e. The monoisotopic (exact) mass is 558 g/mol. The number of halogens is 6. The van der Waals surface area contributed by atoms with Gasteiger partial charge in [0.2, 0.25) is 0 Å². The number of thiazole rings is 1. The molecule has 0 spiro atoms. The molecule has 38 heavy (non-hydrogen) atoms. The molecular formula is C25H24F6N4O2S. The van der Waals surface area contributed by atoms with Crippen LogP contribution < -0.4 is 5.73 Å². The molecule has 0 aliphatic carbocycles. The van der Waals surface area contributed by atoms with Gasteiger partial charge in [-0.05, 0) is 48.7 Å². The third-order valence-corrected chi connectivity index (χ3v) is 7.09. The Morgan fingerprint density at radius 3 is 2.29 bits per heavy atom. The third kappa shape index (κ3) is 6.38.